The minimum absolute atomic E-state index is 0.0242. The Hall–Kier alpha value is -2.07. The van der Waals surface area contributed by atoms with E-state index >= 15 is 0 Å². The molecule has 0 saturated heterocycles. The number of hydrogen-bond donors (Lipinski definition) is 1. The van der Waals surface area contributed by atoms with Gasteiger partial charge in [-0.25, -0.2) is 0 Å². The molecule has 0 bridgehead atoms. The summed E-state index contributed by atoms with van der Waals surface area (Å²) in [5.74, 6) is 0.961. The molecule has 3 nitrogen and oxygen atoms in total. The molecule has 0 aliphatic heterocycles. The first-order valence-electron chi connectivity index (χ1n) is 7.70. The van der Waals surface area contributed by atoms with E-state index in [0.29, 0.717) is 12.8 Å². The summed E-state index contributed by atoms with van der Waals surface area (Å²) in [6.07, 6.45) is 1.96. The number of furan rings is 1. The topological polar surface area (TPSA) is 42.2 Å². The van der Waals surface area contributed by atoms with Crippen molar-refractivity contribution in [3.63, 3.8) is 0 Å². The van der Waals surface area contributed by atoms with E-state index in [2.05, 4.69) is 27.3 Å². The van der Waals surface area contributed by atoms with Gasteiger partial charge in [-0.1, -0.05) is 36.4 Å². The van der Waals surface area contributed by atoms with Crippen LogP contribution in [0.4, 0.5) is 5.69 Å². The van der Waals surface area contributed by atoms with Gasteiger partial charge in [-0.2, -0.15) is 0 Å². The summed E-state index contributed by atoms with van der Waals surface area (Å²) in [7, 11) is 0. The van der Waals surface area contributed by atoms with Crippen molar-refractivity contribution in [1.82, 2.24) is 0 Å². The third kappa shape index (κ3) is 4.02. The Morgan fingerprint density at radius 3 is 2.52 bits per heavy atom. The van der Waals surface area contributed by atoms with E-state index in [1.807, 2.05) is 48.5 Å². The highest BCUT2D eigenvalue weighted by molar-refractivity contribution is 9.18. The van der Waals surface area contributed by atoms with Crippen molar-refractivity contribution in [2.45, 2.75) is 19.3 Å². The standard InChI is InChI=1S/C19H18BrNO2/c20-19(22)11-10-16-15-8-4-5-9-17(15)23-18(16)12-13-21-14-6-2-1-3-7-14/h1-9,21H,10-13H2. The molecule has 1 aromatic heterocycles. The molecule has 1 heterocycles. The molecular formula is C19H18BrNO2. The van der Waals surface area contributed by atoms with Crippen molar-refractivity contribution >= 4 is 37.3 Å². The second kappa shape index (κ2) is 7.47. The first-order chi connectivity index (χ1) is 11.2. The first kappa shape index (κ1) is 15.8. The monoisotopic (exact) mass is 371 g/mol. The maximum Gasteiger partial charge on any atom is 0.198 e. The Bertz CT molecular complexity index is 795. The predicted molar refractivity (Wildman–Crippen MR) is 97.1 cm³/mol. The summed E-state index contributed by atoms with van der Waals surface area (Å²) in [6.45, 7) is 0.791. The van der Waals surface area contributed by atoms with E-state index in [9.17, 15) is 4.79 Å². The maximum absolute atomic E-state index is 11.3. The Kier molecular flexibility index (Phi) is 5.13. The molecule has 0 aliphatic rings. The average Bonchev–Trinajstić information content (AvgIpc) is 2.91. The fourth-order valence-corrected chi connectivity index (χ4v) is 2.92. The lowest BCUT2D eigenvalue weighted by atomic mass is 10.0. The number of nitrogens with one attached hydrogen (secondary N) is 1. The van der Waals surface area contributed by atoms with Gasteiger partial charge in [-0.15, -0.1) is 0 Å². The Morgan fingerprint density at radius 1 is 1.00 bits per heavy atom. The molecule has 0 unspecified atom stereocenters. The van der Waals surface area contributed by atoms with Gasteiger partial charge in [0, 0.05) is 36.0 Å². The highest BCUT2D eigenvalue weighted by Gasteiger charge is 2.14. The van der Waals surface area contributed by atoms with E-state index < -0.39 is 0 Å². The van der Waals surface area contributed by atoms with Gasteiger partial charge in [0.1, 0.15) is 11.3 Å². The highest BCUT2D eigenvalue weighted by atomic mass is 79.9. The number of para-hydroxylation sites is 2. The molecular weight excluding hydrogens is 354 g/mol. The number of rotatable bonds is 7. The van der Waals surface area contributed by atoms with Gasteiger partial charge in [-0.05, 0) is 40.5 Å². The molecule has 0 saturated carbocycles. The van der Waals surface area contributed by atoms with Crippen LogP contribution in [0.1, 0.15) is 17.7 Å². The van der Waals surface area contributed by atoms with E-state index in [4.69, 9.17) is 4.42 Å². The lowest BCUT2D eigenvalue weighted by Gasteiger charge is -2.06. The second-order valence-corrected chi connectivity index (χ2v) is 6.28. The lowest BCUT2D eigenvalue weighted by molar-refractivity contribution is -0.110. The molecule has 0 amide bonds. The number of aryl methyl sites for hydroxylation is 1. The quantitative estimate of drug-likeness (QED) is 0.598. The summed E-state index contributed by atoms with van der Waals surface area (Å²) < 4.78 is 6.03. The third-order valence-corrected chi connectivity index (χ3v) is 4.20. The lowest BCUT2D eigenvalue weighted by Crippen LogP contribution is -2.05. The summed E-state index contributed by atoms with van der Waals surface area (Å²) in [4.78, 5) is 11.3. The second-order valence-electron chi connectivity index (χ2n) is 5.40. The molecule has 118 valence electrons. The molecule has 0 spiro atoms. The van der Waals surface area contributed by atoms with Gasteiger partial charge < -0.3 is 9.73 Å². The summed E-state index contributed by atoms with van der Waals surface area (Å²) in [6, 6.07) is 18.1. The number of anilines is 1. The van der Waals surface area contributed by atoms with Crippen molar-refractivity contribution in [2.75, 3.05) is 11.9 Å². The zero-order valence-corrected chi connectivity index (χ0v) is 14.3. The molecule has 3 rings (SSSR count). The number of hydrogen-bond acceptors (Lipinski definition) is 3. The fraction of sp³-hybridized carbons (Fsp3) is 0.211. The normalized spacial score (nSPS) is 10.8. The van der Waals surface area contributed by atoms with E-state index in [1.165, 1.54) is 0 Å². The number of carbonyl (C=O) groups is 1. The molecule has 0 atom stereocenters. The number of halogens is 1. The van der Waals surface area contributed by atoms with Gasteiger partial charge in [0.05, 0.1) is 0 Å². The molecule has 0 fully saturated rings. The molecule has 0 aliphatic carbocycles. The zero-order valence-electron chi connectivity index (χ0n) is 12.7. The average molecular weight is 372 g/mol. The molecule has 3 aromatic rings. The van der Waals surface area contributed by atoms with Crippen LogP contribution in [0.25, 0.3) is 11.0 Å². The van der Waals surface area contributed by atoms with Crippen molar-refractivity contribution in [3.8, 4) is 0 Å². The van der Waals surface area contributed by atoms with Crippen molar-refractivity contribution in [3.05, 3.63) is 65.9 Å². The maximum atomic E-state index is 11.3. The molecule has 1 N–H and O–H groups in total. The van der Waals surface area contributed by atoms with Crippen LogP contribution in [0.2, 0.25) is 0 Å². The van der Waals surface area contributed by atoms with Crippen LogP contribution in [0.15, 0.2) is 59.0 Å². The highest BCUT2D eigenvalue weighted by Crippen LogP contribution is 2.27. The number of benzene rings is 2. The first-order valence-corrected chi connectivity index (χ1v) is 8.50. The third-order valence-electron chi connectivity index (χ3n) is 3.81. The minimum atomic E-state index is 0.0242. The van der Waals surface area contributed by atoms with Crippen LogP contribution < -0.4 is 5.32 Å². The predicted octanol–water partition coefficient (Wildman–Crippen LogP) is 4.94. The molecule has 23 heavy (non-hydrogen) atoms. The van der Waals surface area contributed by atoms with Gasteiger partial charge in [0.25, 0.3) is 0 Å². The Morgan fingerprint density at radius 2 is 1.74 bits per heavy atom. The Balaban J connectivity index is 1.75. The van der Waals surface area contributed by atoms with Crippen molar-refractivity contribution in [2.24, 2.45) is 0 Å². The molecule has 2 aromatic carbocycles. The molecule has 0 radical (unpaired) electrons. The zero-order chi connectivity index (χ0) is 16.1. The van der Waals surface area contributed by atoms with Crippen molar-refractivity contribution in [1.29, 1.82) is 0 Å². The van der Waals surface area contributed by atoms with E-state index in [0.717, 1.165) is 40.9 Å². The number of fused-ring (bicyclic) bond motifs is 1. The fourth-order valence-electron chi connectivity index (χ4n) is 2.73. The largest absolute Gasteiger partial charge is 0.461 e. The Labute approximate surface area is 143 Å². The summed E-state index contributed by atoms with van der Waals surface area (Å²) in [5.41, 5.74) is 3.13. The van der Waals surface area contributed by atoms with Crippen LogP contribution in [0.3, 0.4) is 0 Å². The van der Waals surface area contributed by atoms with E-state index in [1.54, 1.807) is 0 Å². The van der Waals surface area contributed by atoms with Crippen LogP contribution in [-0.2, 0) is 17.6 Å². The minimum Gasteiger partial charge on any atom is -0.461 e. The van der Waals surface area contributed by atoms with Crippen molar-refractivity contribution < 1.29 is 9.21 Å². The van der Waals surface area contributed by atoms with Gasteiger partial charge in [0.15, 0.2) is 4.69 Å². The van der Waals surface area contributed by atoms with E-state index in [-0.39, 0.29) is 4.69 Å². The smallest absolute Gasteiger partial charge is 0.198 e. The SMILES string of the molecule is O=C(Br)CCc1c(CCNc2ccccc2)oc2ccccc12. The van der Waals surface area contributed by atoms with Gasteiger partial charge in [0.2, 0.25) is 0 Å². The van der Waals surface area contributed by atoms with Gasteiger partial charge >= 0.3 is 0 Å². The summed E-state index contributed by atoms with van der Waals surface area (Å²) >= 11 is 3.01. The van der Waals surface area contributed by atoms with Crippen LogP contribution in [0, 0.1) is 0 Å². The number of carbonyl (C=O) groups excluding carboxylic acids is 1. The van der Waals surface area contributed by atoms with Crippen LogP contribution in [-0.4, -0.2) is 11.2 Å². The van der Waals surface area contributed by atoms with Crippen LogP contribution in [0.5, 0.6) is 0 Å². The van der Waals surface area contributed by atoms with Gasteiger partial charge in [-0.3, -0.25) is 4.79 Å². The molecule has 4 heteroatoms. The summed E-state index contributed by atoms with van der Waals surface area (Å²) in [5, 5.41) is 4.50. The van der Waals surface area contributed by atoms with Crippen LogP contribution >= 0.6 is 15.9 Å².